The van der Waals surface area contributed by atoms with Crippen molar-refractivity contribution in [3.63, 3.8) is 0 Å². The van der Waals surface area contributed by atoms with Crippen LogP contribution >= 0.6 is 0 Å². The van der Waals surface area contributed by atoms with E-state index in [1.807, 2.05) is 19.0 Å². The zero-order valence-electron chi connectivity index (χ0n) is 10.5. The topological polar surface area (TPSA) is 60.9 Å². The summed E-state index contributed by atoms with van der Waals surface area (Å²) in [6.45, 7) is 1.04. The molecular formula is C12H20N2O3. The molecule has 1 amide bonds. The van der Waals surface area contributed by atoms with Gasteiger partial charge in [-0.1, -0.05) is 0 Å². The quantitative estimate of drug-likeness (QED) is 0.723. The van der Waals surface area contributed by atoms with Gasteiger partial charge in [-0.3, -0.25) is 9.59 Å². The van der Waals surface area contributed by atoms with E-state index in [0.717, 1.165) is 19.3 Å². The van der Waals surface area contributed by atoms with E-state index in [1.165, 1.54) is 4.90 Å². The first-order chi connectivity index (χ1) is 7.94. The van der Waals surface area contributed by atoms with Crippen LogP contribution in [0, 0.1) is 11.3 Å². The Labute approximate surface area is 101 Å². The van der Waals surface area contributed by atoms with E-state index in [4.69, 9.17) is 5.11 Å². The van der Waals surface area contributed by atoms with E-state index < -0.39 is 5.97 Å². The first kappa shape index (κ1) is 12.4. The molecule has 0 heterocycles. The minimum Gasteiger partial charge on any atom is -0.480 e. The smallest absolute Gasteiger partial charge is 0.323 e. The van der Waals surface area contributed by atoms with Gasteiger partial charge in [0.1, 0.15) is 6.54 Å². The third kappa shape index (κ3) is 2.77. The summed E-state index contributed by atoms with van der Waals surface area (Å²) in [6, 6.07) is 0. The zero-order chi connectivity index (χ0) is 12.6. The molecule has 2 aliphatic carbocycles. The fourth-order valence-electron chi connectivity index (χ4n) is 2.38. The molecule has 0 saturated heterocycles. The van der Waals surface area contributed by atoms with Gasteiger partial charge >= 0.3 is 5.97 Å². The summed E-state index contributed by atoms with van der Waals surface area (Å²) >= 11 is 0. The van der Waals surface area contributed by atoms with Crippen molar-refractivity contribution in [3.8, 4) is 0 Å². The molecule has 0 aromatic rings. The zero-order valence-corrected chi connectivity index (χ0v) is 10.5. The van der Waals surface area contributed by atoms with Gasteiger partial charge in [-0.25, -0.2) is 0 Å². The number of amides is 1. The number of hydrogen-bond acceptors (Lipinski definition) is 3. The Morgan fingerprint density at radius 3 is 2.35 bits per heavy atom. The minimum atomic E-state index is -0.928. The third-order valence-corrected chi connectivity index (χ3v) is 3.83. The number of carboxylic acids is 1. The molecule has 2 aliphatic rings. The molecule has 1 atom stereocenters. The normalized spacial score (nSPS) is 23.8. The van der Waals surface area contributed by atoms with Crippen LogP contribution in [0.4, 0.5) is 0 Å². The van der Waals surface area contributed by atoms with Crippen LogP contribution in [0.1, 0.15) is 19.3 Å². The van der Waals surface area contributed by atoms with Crippen molar-refractivity contribution in [2.24, 2.45) is 11.3 Å². The fraction of sp³-hybridized carbons (Fsp3) is 0.833. The van der Waals surface area contributed by atoms with Crippen molar-refractivity contribution in [1.29, 1.82) is 0 Å². The number of likely N-dealkylation sites (N-methyl/N-ethyl adjacent to an activating group) is 1. The summed E-state index contributed by atoms with van der Waals surface area (Å²) in [5.74, 6) is -0.765. The van der Waals surface area contributed by atoms with Crippen LogP contribution in [0.2, 0.25) is 0 Å². The Morgan fingerprint density at radius 2 is 1.94 bits per heavy atom. The van der Waals surface area contributed by atoms with Crippen molar-refractivity contribution in [1.82, 2.24) is 9.80 Å². The molecule has 2 fully saturated rings. The Balaban J connectivity index is 1.89. The lowest BCUT2D eigenvalue weighted by Gasteiger charge is -2.22. The largest absolute Gasteiger partial charge is 0.480 e. The molecule has 17 heavy (non-hydrogen) atoms. The lowest BCUT2D eigenvalue weighted by molar-refractivity contribution is -0.145. The van der Waals surface area contributed by atoms with Gasteiger partial charge in [-0.15, -0.1) is 0 Å². The molecular weight excluding hydrogens is 220 g/mol. The van der Waals surface area contributed by atoms with Crippen molar-refractivity contribution in [2.75, 3.05) is 33.7 Å². The Bertz CT molecular complexity index is 337. The number of rotatable bonds is 6. The van der Waals surface area contributed by atoms with Crippen LogP contribution in [0.5, 0.6) is 0 Å². The fourth-order valence-corrected chi connectivity index (χ4v) is 2.38. The maximum atomic E-state index is 12.2. The summed E-state index contributed by atoms with van der Waals surface area (Å²) in [4.78, 5) is 26.4. The number of hydrogen-bond donors (Lipinski definition) is 1. The average molecular weight is 240 g/mol. The van der Waals surface area contributed by atoms with Gasteiger partial charge in [0.25, 0.3) is 0 Å². The van der Waals surface area contributed by atoms with E-state index >= 15 is 0 Å². The molecule has 0 radical (unpaired) electrons. The van der Waals surface area contributed by atoms with Crippen LogP contribution in [-0.4, -0.2) is 60.5 Å². The highest BCUT2D eigenvalue weighted by molar-refractivity contribution is 5.86. The predicted octanol–water partition coefficient (Wildman–Crippen LogP) is 0.261. The highest BCUT2D eigenvalue weighted by Crippen LogP contribution is 2.70. The standard InChI is InChI=1S/C12H20N2O3/c1-13(2)5-6-14(8-10(15)16)11(17)9-7-12(9)3-4-12/h9H,3-8H2,1-2H3,(H,15,16)/t9-/m1/s1. The molecule has 0 unspecified atom stereocenters. The van der Waals surface area contributed by atoms with Crippen molar-refractivity contribution < 1.29 is 14.7 Å². The maximum absolute atomic E-state index is 12.2. The van der Waals surface area contributed by atoms with E-state index in [2.05, 4.69) is 0 Å². The van der Waals surface area contributed by atoms with E-state index in [-0.39, 0.29) is 18.4 Å². The highest BCUT2D eigenvalue weighted by Gasteiger charge is 2.66. The first-order valence-corrected chi connectivity index (χ1v) is 6.10. The molecule has 5 nitrogen and oxygen atoms in total. The van der Waals surface area contributed by atoms with Gasteiger partial charge in [0.15, 0.2) is 0 Å². The number of carbonyl (C=O) groups excluding carboxylic acids is 1. The second kappa shape index (κ2) is 4.29. The Kier molecular flexibility index (Phi) is 3.12. The SMILES string of the molecule is CN(C)CCN(CC(=O)O)C(=O)[C@H]1CC12CC2. The summed E-state index contributed by atoms with van der Waals surface area (Å²) < 4.78 is 0. The maximum Gasteiger partial charge on any atom is 0.323 e. The molecule has 0 aliphatic heterocycles. The Morgan fingerprint density at radius 1 is 1.29 bits per heavy atom. The molecule has 0 aromatic carbocycles. The molecule has 0 bridgehead atoms. The number of nitrogens with zero attached hydrogens (tertiary/aromatic N) is 2. The predicted molar refractivity (Wildman–Crippen MR) is 62.5 cm³/mol. The van der Waals surface area contributed by atoms with Crippen LogP contribution in [-0.2, 0) is 9.59 Å². The Hall–Kier alpha value is -1.10. The number of carbonyl (C=O) groups is 2. The summed E-state index contributed by atoms with van der Waals surface area (Å²) in [6.07, 6.45) is 3.28. The number of carboxylic acid groups (broad SMARTS) is 1. The molecule has 0 aromatic heterocycles. The van der Waals surface area contributed by atoms with Crippen LogP contribution in [0.25, 0.3) is 0 Å². The van der Waals surface area contributed by atoms with Gasteiger partial charge in [0, 0.05) is 19.0 Å². The van der Waals surface area contributed by atoms with Crippen LogP contribution < -0.4 is 0 Å². The second-order valence-electron chi connectivity index (χ2n) is 5.58. The first-order valence-electron chi connectivity index (χ1n) is 6.10. The van der Waals surface area contributed by atoms with Gasteiger partial charge in [0.05, 0.1) is 0 Å². The van der Waals surface area contributed by atoms with Crippen molar-refractivity contribution >= 4 is 11.9 Å². The molecule has 5 heteroatoms. The molecule has 1 N–H and O–H groups in total. The summed E-state index contributed by atoms with van der Waals surface area (Å²) in [5.41, 5.74) is 0.298. The van der Waals surface area contributed by atoms with Crippen molar-refractivity contribution in [3.05, 3.63) is 0 Å². The molecule has 2 saturated carbocycles. The summed E-state index contributed by atoms with van der Waals surface area (Å²) in [5, 5.41) is 8.84. The summed E-state index contributed by atoms with van der Waals surface area (Å²) in [7, 11) is 3.84. The molecule has 96 valence electrons. The van der Waals surface area contributed by atoms with Gasteiger partial charge in [0.2, 0.25) is 5.91 Å². The average Bonchev–Trinajstić information content (AvgIpc) is 3.13. The highest BCUT2D eigenvalue weighted by atomic mass is 16.4. The monoisotopic (exact) mass is 240 g/mol. The lowest BCUT2D eigenvalue weighted by Crippen LogP contribution is -2.41. The number of aliphatic carboxylic acids is 1. The van der Waals surface area contributed by atoms with E-state index in [0.29, 0.717) is 18.5 Å². The van der Waals surface area contributed by atoms with E-state index in [9.17, 15) is 9.59 Å². The van der Waals surface area contributed by atoms with Crippen LogP contribution in [0.3, 0.4) is 0 Å². The molecule has 2 rings (SSSR count). The third-order valence-electron chi connectivity index (χ3n) is 3.83. The van der Waals surface area contributed by atoms with Gasteiger partial charge in [-0.05, 0) is 38.8 Å². The van der Waals surface area contributed by atoms with Gasteiger partial charge < -0.3 is 14.9 Å². The minimum absolute atomic E-state index is 0.0479. The van der Waals surface area contributed by atoms with Crippen LogP contribution in [0.15, 0.2) is 0 Å². The van der Waals surface area contributed by atoms with E-state index in [1.54, 1.807) is 0 Å². The lowest BCUT2D eigenvalue weighted by atomic mass is 10.2. The van der Waals surface area contributed by atoms with Gasteiger partial charge in [-0.2, -0.15) is 0 Å². The second-order valence-corrected chi connectivity index (χ2v) is 5.58. The van der Waals surface area contributed by atoms with Crippen molar-refractivity contribution in [2.45, 2.75) is 19.3 Å². The molecule has 1 spiro atoms.